The van der Waals surface area contributed by atoms with Crippen LogP contribution in [0.2, 0.25) is 0 Å². The molecule has 0 aliphatic carbocycles. The van der Waals surface area contributed by atoms with E-state index in [2.05, 4.69) is 0 Å². The summed E-state index contributed by atoms with van der Waals surface area (Å²) in [4.78, 5) is 10.4. The molecule has 1 aromatic rings. The molecule has 0 aliphatic heterocycles. The highest BCUT2D eigenvalue weighted by Gasteiger charge is 2.09. The zero-order chi connectivity index (χ0) is 9.14. The molecular weight excluding hydrogens is 158 g/mol. The SMILES string of the molecule is Bc1ccc(F)c(C=O)c1OC. The number of aldehydes is 1. The van der Waals surface area contributed by atoms with Crippen molar-refractivity contribution in [3.8, 4) is 5.75 Å². The van der Waals surface area contributed by atoms with Crippen molar-refractivity contribution in [2.24, 2.45) is 0 Å². The van der Waals surface area contributed by atoms with Crippen molar-refractivity contribution in [2.75, 3.05) is 7.11 Å². The largest absolute Gasteiger partial charge is 0.496 e. The first kappa shape index (κ1) is 8.78. The molecule has 0 amide bonds. The van der Waals surface area contributed by atoms with Gasteiger partial charge in [0.1, 0.15) is 19.4 Å². The molecule has 0 unspecified atom stereocenters. The molecule has 0 N–H and O–H groups in total. The molecule has 0 atom stereocenters. The van der Waals surface area contributed by atoms with Crippen LogP contribution in [0.15, 0.2) is 12.1 Å². The van der Waals surface area contributed by atoms with Gasteiger partial charge in [-0.3, -0.25) is 4.79 Å². The molecule has 0 saturated carbocycles. The van der Waals surface area contributed by atoms with Crippen molar-refractivity contribution < 1.29 is 13.9 Å². The summed E-state index contributed by atoms with van der Waals surface area (Å²) in [6.45, 7) is 0. The summed E-state index contributed by atoms with van der Waals surface area (Å²) in [7, 11) is 3.17. The second kappa shape index (κ2) is 3.39. The molecule has 0 bridgehead atoms. The van der Waals surface area contributed by atoms with Gasteiger partial charge < -0.3 is 4.74 Å². The van der Waals surface area contributed by atoms with Crippen LogP contribution in [0.5, 0.6) is 5.75 Å². The Morgan fingerprint density at radius 1 is 1.58 bits per heavy atom. The minimum atomic E-state index is -0.549. The van der Waals surface area contributed by atoms with Crippen LogP contribution < -0.4 is 10.2 Å². The number of benzene rings is 1. The maximum Gasteiger partial charge on any atom is 0.156 e. The smallest absolute Gasteiger partial charge is 0.156 e. The van der Waals surface area contributed by atoms with E-state index < -0.39 is 5.82 Å². The van der Waals surface area contributed by atoms with Gasteiger partial charge >= 0.3 is 0 Å². The maximum absolute atomic E-state index is 12.9. The van der Waals surface area contributed by atoms with Gasteiger partial charge in [-0.15, -0.1) is 0 Å². The molecule has 0 heterocycles. The Morgan fingerprint density at radius 3 is 2.67 bits per heavy atom. The number of rotatable bonds is 2. The molecule has 4 heteroatoms. The summed E-state index contributed by atoms with van der Waals surface area (Å²) in [6, 6.07) is 2.82. The number of hydrogen-bond acceptors (Lipinski definition) is 2. The van der Waals surface area contributed by atoms with Crippen molar-refractivity contribution in [2.45, 2.75) is 0 Å². The van der Waals surface area contributed by atoms with Crippen molar-refractivity contribution in [3.05, 3.63) is 23.5 Å². The molecule has 2 nitrogen and oxygen atoms in total. The lowest BCUT2D eigenvalue weighted by atomic mass is 9.93. The number of methoxy groups -OCH3 is 1. The predicted octanol–water partition coefficient (Wildman–Crippen LogP) is -0.0948. The molecule has 0 radical (unpaired) electrons. The number of carbonyl (C=O) groups is 1. The topological polar surface area (TPSA) is 26.3 Å². The molecule has 0 saturated heterocycles. The minimum absolute atomic E-state index is 0.0162. The third kappa shape index (κ3) is 1.32. The highest BCUT2D eigenvalue weighted by molar-refractivity contribution is 6.34. The van der Waals surface area contributed by atoms with Gasteiger partial charge in [-0.2, -0.15) is 0 Å². The average Bonchev–Trinajstić information content (AvgIpc) is 2.08. The second-order valence-electron chi connectivity index (χ2n) is 2.43. The maximum atomic E-state index is 12.9. The summed E-state index contributed by atoms with van der Waals surface area (Å²) in [5, 5.41) is 0. The van der Waals surface area contributed by atoms with Crippen LogP contribution in [0.3, 0.4) is 0 Å². The van der Waals surface area contributed by atoms with E-state index in [-0.39, 0.29) is 5.56 Å². The average molecular weight is 166 g/mol. The molecule has 62 valence electrons. The van der Waals surface area contributed by atoms with E-state index in [4.69, 9.17) is 4.74 Å². The van der Waals surface area contributed by atoms with Gasteiger partial charge in [0.05, 0.1) is 12.7 Å². The first-order valence-electron chi connectivity index (χ1n) is 3.49. The fourth-order valence-electron chi connectivity index (χ4n) is 1.07. The van der Waals surface area contributed by atoms with E-state index in [0.29, 0.717) is 12.0 Å². The summed E-state index contributed by atoms with van der Waals surface area (Å²) in [5.74, 6) is -0.238. The zero-order valence-corrected chi connectivity index (χ0v) is 6.93. The summed E-state index contributed by atoms with van der Waals surface area (Å²) < 4.78 is 17.8. The van der Waals surface area contributed by atoms with Crippen LogP contribution >= 0.6 is 0 Å². The first-order valence-corrected chi connectivity index (χ1v) is 3.49. The Labute approximate surface area is 70.8 Å². The van der Waals surface area contributed by atoms with E-state index in [9.17, 15) is 9.18 Å². The standard InChI is InChI=1S/C8H8BFO2/c1-12-8-5(4-11)7(10)3-2-6(8)9/h2-4H,9H2,1H3. The lowest BCUT2D eigenvalue weighted by molar-refractivity contribution is 0.111. The highest BCUT2D eigenvalue weighted by Crippen LogP contribution is 2.15. The molecule has 12 heavy (non-hydrogen) atoms. The number of carbonyl (C=O) groups excluding carboxylic acids is 1. The van der Waals surface area contributed by atoms with Gasteiger partial charge in [0.15, 0.2) is 6.29 Å². The molecule has 0 aromatic heterocycles. The lowest BCUT2D eigenvalue weighted by Gasteiger charge is -2.07. The number of ether oxygens (including phenoxy) is 1. The Balaban J connectivity index is 3.38. The Bertz CT molecular complexity index is 312. The van der Waals surface area contributed by atoms with Crippen molar-refractivity contribution >= 4 is 19.6 Å². The van der Waals surface area contributed by atoms with E-state index in [1.165, 1.54) is 13.2 Å². The van der Waals surface area contributed by atoms with Crippen LogP contribution in [0.25, 0.3) is 0 Å². The molecule has 0 aliphatic rings. The minimum Gasteiger partial charge on any atom is -0.496 e. The van der Waals surface area contributed by atoms with Gasteiger partial charge in [0.25, 0.3) is 0 Å². The normalized spacial score (nSPS) is 9.50. The first-order chi connectivity index (χ1) is 5.70. The Kier molecular flexibility index (Phi) is 2.48. The van der Waals surface area contributed by atoms with Crippen LogP contribution in [0.4, 0.5) is 4.39 Å². The van der Waals surface area contributed by atoms with Crippen LogP contribution in [0, 0.1) is 5.82 Å². The van der Waals surface area contributed by atoms with E-state index in [1.807, 2.05) is 0 Å². The van der Waals surface area contributed by atoms with Crippen LogP contribution in [0.1, 0.15) is 10.4 Å². The van der Waals surface area contributed by atoms with Gasteiger partial charge in [-0.05, 0) is 11.5 Å². The van der Waals surface area contributed by atoms with Crippen LogP contribution in [-0.4, -0.2) is 21.2 Å². The highest BCUT2D eigenvalue weighted by atomic mass is 19.1. The molecular formula is C8H8BFO2. The van der Waals surface area contributed by atoms with Gasteiger partial charge in [-0.1, -0.05) is 6.07 Å². The predicted molar refractivity (Wildman–Crippen MR) is 46.5 cm³/mol. The summed E-state index contributed by atoms with van der Waals surface area (Å²) in [5.41, 5.74) is 0.735. The van der Waals surface area contributed by atoms with E-state index >= 15 is 0 Å². The number of halogens is 1. The molecule has 0 fully saturated rings. The summed E-state index contributed by atoms with van der Waals surface area (Å²) in [6.07, 6.45) is 0.459. The van der Waals surface area contributed by atoms with Crippen molar-refractivity contribution in [3.63, 3.8) is 0 Å². The summed E-state index contributed by atoms with van der Waals surface area (Å²) >= 11 is 0. The zero-order valence-electron chi connectivity index (χ0n) is 6.93. The molecule has 1 aromatic carbocycles. The monoisotopic (exact) mass is 166 g/mol. The van der Waals surface area contributed by atoms with Gasteiger partial charge in [-0.25, -0.2) is 4.39 Å². The third-order valence-electron chi connectivity index (χ3n) is 1.66. The Hall–Kier alpha value is -1.32. The fraction of sp³-hybridized carbons (Fsp3) is 0.125. The van der Waals surface area contributed by atoms with Crippen molar-refractivity contribution in [1.82, 2.24) is 0 Å². The third-order valence-corrected chi connectivity index (χ3v) is 1.66. The Morgan fingerprint density at radius 2 is 2.25 bits per heavy atom. The molecule has 0 spiro atoms. The van der Waals surface area contributed by atoms with Crippen molar-refractivity contribution in [1.29, 1.82) is 0 Å². The quantitative estimate of drug-likeness (QED) is 0.453. The van der Waals surface area contributed by atoms with Gasteiger partial charge in [0, 0.05) is 0 Å². The van der Waals surface area contributed by atoms with E-state index in [1.54, 1.807) is 13.9 Å². The second-order valence-corrected chi connectivity index (χ2v) is 2.43. The van der Waals surface area contributed by atoms with Gasteiger partial charge in [0.2, 0.25) is 0 Å². The fourth-order valence-corrected chi connectivity index (χ4v) is 1.07. The van der Waals surface area contributed by atoms with Crippen LogP contribution in [-0.2, 0) is 0 Å². The van der Waals surface area contributed by atoms with E-state index in [0.717, 1.165) is 5.46 Å². The lowest BCUT2D eigenvalue weighted by Crippen LogP contribution is -2.11. The molecule has 1 rings (SSSR count). The number of hydrogen-bond donors (Lipinski definition) is 0.